The molecule has 2 aliphatic rings. The predicted octanol–water partition coefficient (Wildman–Crippen LogP) is 0.158. The van der Waals surface area contributed by atoms with Crippen molar-refractivity contribution in [1.29, 1.82) is 0 Å². The summed E-state index contributed by atoms with van der Waals surface area (Å²) in [5, 5.41) is 19.4. The number of morpholine rings is 1. The zero-order chi connectivity index (χ0) is 20.5. The van der Waals surface area contributed by atoms with Crippen LogP contribution in [-0.2, 0) is 4.74 Å². The van der Waals surface area contributed by atoms with Crippen LogP contribution in [0.3, 0.4) is 0 Å². The first-order valence-electron chi connectivity index (χ1n) is 9.79. The van der Waals surface area contributed by atoms with E-state index in [2.05, 4.69) is 15.2 Å². The number of aliphatic imine (C=N–C) groups is 1. The summed E-state index contributed by atoms with van der Waals surface area (Å²) < 4.78 is 12.2. The van der Waals surface area contributed by atoms with Crippen molar-refractivity contribution < 1.29 is 19.2 Å². The maximum Gasteiger partial charge on any atom is 0.324 e. The fourth-order valence-electron chi connectivity index (χ4n) is 3.33. The molecular weight excluding hydrogens is 408 g/mol. The van der Waals surface area contributed by atoms with Gasteiger partial charge in [0, 0.05) is 11.8 Å². The molecule has 1 saturated carbocycles. The van der Waals surface area contributed by atoms with Crippen molar-refractivity contribution in [2.75, 3.05) is 37.1 Å². The summed E-state index contributed by atoms with van der Waals surface area (Å²) in [6.07, 6.45) is 3.47. The Hall–Kier alpha value is -2.92. The standard InChI is InChI=1S/C19H20N6O4S/c26-16(21-17-11-24(22-29-17)23-7-9-28-10-8-23)12-30-19-20-15-4-2-1-3-14(15)18(27)25(19)13-5-6-13/h1-4,11,13H,5-10,12H2. The van der Waals surface area contributed by atoms with Gasteiger partial charge in [0.15, 0.2) is 5.16 Å². The number of hydrogen-bond donors (Lipinski definition) is 0. The first-order valence-corrected chi connectivity index (χ1v) is 10.8. The van der Waals surface area contributed by atoms with Gasteiger partial charge in [-0.05, 0) is 30.9 Å². The fourth-order valence-corrected chi connectivity index (χ4v) is 4.19. The first kappa shape index (κ1) is 19.1. The van der Waals surface area contributed by atoms with Crippen LogP contribution in [0.15, 0.2) is 49.9 Å². The maximum atomic E-state index is 12.9. The van der Waals surface area contributed by atoms with E-state index in [1.165, 1.54) is 16.6 Å². The number of ether oxygens (including phenoxy) is 1. The highest BCUT2D eigenvalue weighted by Crippen LogP contribution is 2.36. The van der Waals surface area contributed by atoms with Crippen molar-refractivity contribution in [3.63, 3.8) is 0 Å². The number of hydrogen-bond acceptors (Lipinski definition) is 9. The van der Waals surface area contributed by atoms with Crippen LogP contribution in [0.1, 0.15) is 18.9 Å². The second-order valence-electron chi connectivity index (χ2n) is 7.14. The maximum absolute atomic E-state index is 12.9. The molecule has 1 aromatic carbocycles. The lowest BCUT2D eigenvalue weighted by atomic mass is 10.2. The summed E-state index contributed by atoms with van der Waals surface area (Å²) in [5.74, 6) is -0.191. The van der Waals surface area contributed by atoms with Gasteiger partial charge < -0.3 is 9.84 Å². The molecule has 0 amide bonds. The zero-order valence-corrected chi connectivity index (χ0v) is 17.0. The third-order valence-corrected chi connectivity index (χ3v) is 5.91. The van der Waals surface area contributed by atoms with Gasteiger partial charge in [-0.15, -0.1) is 5.01 Å². The smallest absolute Gasteiger partial charge is 0.324 e. The highest BCUT2D eigenvalue weighted by molar-refractivity contribution is 7.99. The molecule has 156 valence electrons. The average molecular weight is 428 g/mol. The van der Waals surface area contributed by atoms with Crippen molar-refractivity contribution in [3.05, 3.63) is 40.8 Å². The second kappa shape index (κ2) is 8.07. The lowest BCUT2D eigenvalue weighted by Crippen LogP contribution is -2.62. The number of fused-ring (bicyclic) bond motifs is 1. The molecule has 30 heavy (non-hydrogen) atoms. The second-order valence-corrected chi connectivity index (χ2v) is 8.08. The molecule has 1 aliphatic heterocycles. The molecule has 11 heteroatoms. The molecule has 0 unspecified atom stereocenters. The third kappa shape index (κ3) is 3.90. The number of rotatable bonds is 6. The number of thioether (sulfide) groups is 1. The molecule has 3 heterocycles. The fraction of sp³-hybridized carbons (Fsp3) is 0.421. The molecule has 0 N–H and O–H groups in total. The van der Waals surface area contributed by atoms with Crippen LogP contribution in [0, 0.1) is 0 Å². The number of nitrogens with zero attached hydrogens (tertiary/aromatic N) is 6. The van der Waals surface area contributed by atoms with Crippen LogP contribution in [0.4, 0.5) is 5.88 Å². The Morgan fingerprint density at radius 1 is 1.30 bits per heavy atom. The highest BCUT2D eigenvalue weighted by atomic mass is 32.2. The van der Waals surface area contributed by atoms with E-state index in [1.807, 2.05) is 23.2 Å². The molecule has 2 fully saturated rings. The average Bonchev–Trinajstić information content (AvgIpc) is 3.50. The molecule has 0 atom stereocenters. The van der Waals surface area contributed by atoms with E-state index in [-0.39, 0.29) is 29.1 Å². The van der Waals surface area contributed by atoms with Crippen molar-refractivity contribution in [2.45, 2.75) is 24.0 Å². The molecule has 0 spiro atoms. The minimum Gasteiger partial charge on any atom is -0.861 e. The summed E-state index contributed by atoms with van der Waals surface area (Å²) in [6, 6.07) is 7.43. The van der Waals surface area contributed by atoms with Gasteiger partial charge in [0.05, 0.1) is 42.0 Å². The van der Waals surface area contributed by atoms with Crippen LogP contribution in [0.2, 0.25) is 0 Å². The summed E-state index contributed by atoms with van der Waals surface area (Å²) >= 11 is 1.22. The Morgan fingerprint density at radius 2 is 2.10 bits per heavy atom. The van der Waals surface area contributed by atoms with Crippen molar-refractivity contribution >= 4 is 34.4 Å². The van der Waals surface area contributed by atoms with Crippen LogP contribution in [0.5, 0.6) is 0 Å². The Kier molecular flexibility index (Phi) is 5.13. The Balaban J connectivity index is 1.33. The lowest BCUT2D eigenvalue weighted by molar-refractivity contribution is -0.759. The molecule has 1 saturated heterocycles. The SMILES string of the molecule is O=c1c2ccccc2nc(SC/C([O-])=N\c2c[n+](N3CCOCC3)no2)n1C1CC1. The van der Waals surface area contributed by atoms with E-state index in [0.717, 1.165) is 12.8 Å². The Morgan fingerprint density at radius 3 is 2.90 bits per heavy atom. The van der Waals surface area contributed by atoms with Crippen LogP contribution in [-0.4, -0.2) is 52.8 Å². The highest BCUT2D eigenvalue weighted by Gasteiger charge is 2.28. The molecular formula is C19H20N6O4S. The van der Waals surface area contributed by atoms with Gasteiger partial charge in [0.1, 0.15) is 0 Å². The van der Waals surface area contributed by atoms with Gasteiger partial charge in [-0.25, -0.2) is 9.98 Å². The molecule has 3 aromatic rings. The van der Waals surface area contributed by atoms with E-state index < -0.39 is 0 Å². The third-order valence-electron chi connectivity index (χ3n) is 4.97. The summed E-state index contributed by atoms with van der Waals surface area (Å²) in [5.41, 5.74) is 0.574. The normalized spacial score (nSPS) is 17.6. The molecule has 0 bridgehead atoms. The van der Waals surface area contributed by atoms with Crippen LogP contribution < -0.4 is 20.5 Å². The first-order chi connectivity index (χ1) is 14.7. The Labute approximate surface area is 175 Å². The molecule has 5 rings (SSSR count). The largest absolute Gasteiger partial charge is 0.861 e. The minimum atomic E-state index is -0.380. The predicted molar refractivity (Wildman–Crippen MR) is 108 cm³/mol. The van der Waals surface area contributed by atoms with E-state index in [1.54, 1.807) is 16.8 Å². The summed E-state index contributed by atoms with van der Waals surface area (Å²) in [4.78, 5) is 23.0. The number of para-hydroxylation sites is 1. The van der Waals surface area contributed by atoms with Gasteiger partial charge in [0.2, 0.25) is 5.27 Å². The van der Waals surface area contributed by atoms with E-state index in [0.29, 0.717) is 42.4 Å². The van der Waals surface area contributed by atoms with Gasteiger partial charge >= 0.3 is 5.88 Å². The van der Waals surface area contributed by atoms with Gasteiger partial charge in [-0.3, -0.25) is 13.9 Å². The quantitative estimate of drug-likeness (QED) is 0.179. The van der Waals surface area contributed by atoms with Gasteiger partial charge in [0.25, 0.3) is 11.8 Å². The summed E-state index contributed by atoms with van der Waals surface area (Å²) in [6.45, 7) is 2.60. The Bertz CT molecular complexity index is 1150. The van der Waals surface area contributed by atoms with Gasteiger partial charge in [-0.2, -0.15) is 0 Å². The van der Waals surface area contributed by atoms with Crippen LogP contribution >= 0.6 is 11.8 Å². The van der Waals surface area contributed by atoms with E-state index >= 15 is 0 Å². The van der Waals surface area contributed by atoms with Crippen molar-refractivity contribution in [1.82, 2.24) is 14.8 Å². The molecule has 1 aliphatic carbocycles. The lowest BCUT2D eigenvalue weighted by Gasteiger charge is -2.18. The van der Waals surface area contributed by atoms with E-state index in [9.17, 15) is 9.90 Å². The van der Waals surface area contributed by atoms with Crippen molar-refractivity contribution in [3.8, 4) is 0 Å². The number of benzene rings is 1. The van der Waals surface area contributed by atoms with Gasteiger partial charge in [-0.1, -0.05) is 23.9 Å². The minimum absolute atomic E-state index is 0.0513. The monoisotopic (exact) mass is 428 g/mol. The molecule has 10 nitrogen and oxygen atoms in total. The molecule has 2 aromatic heterocycles. The van der Waals surface area contributed by atoms with Crippen LogP contribution in [0.25, 0.3) is 10.9 Å². The number of aromatic nitrogens is 4. The van der Waals surface area contributed by atoms with E-state index in [4.69, 9.17) is 9.26 Å². The summed E-state index contributed by atoms with van der Waals surface area (Å²) in [7, 11) is 0. The topological polar surface area (TPSA) is 113 Å². The zero-order valence-electron chi connectivity index (χ0n) is 16.1. The van der Waals surface area contributed by atoms with Crippen molar-refractivity contribution in [2.24, 2.45) is 4.99 Å². The molecule has 0 radical (unpaired) electrons.